The molecule has 6 nitrogen and oxygen atoms in total. The van der Waals surface area contributed by atoms with Crippen molar-refractivity contribution in [3.8, 4) is 17.4 Å². The molecule has 2 aromatic rings. The van der Waals surface area contributed by atoms with E-state index in [0.717, 1.165) is 10.2 Å². The summed E-state index contributed by atoms with van der Waals surface area (Å²) in [7, 11) is 1.54. The van der Waals surface area contributed by atoms with Crippen molar-refractivity contribution < 1.29 is 4.74 Å². The highest BCUT2D eigenvalue weighted by Crippen LogP contribution is 2.29. The second-order valence-corrected chi connectivity index (χ2v) is 5.04. The van der Waals surface area contributed by atoms with Gasteiger partial charge in [-0.2, -0.15) is 0 Å². The average Bonchev–Trinajstić information content (AvgIpc) is 2.41. The Morgan fingerprint density at radius 3 is 2.47 bits per heavy atom. The van der Waals surface area contributed by atoms with Crippen molar-refractivity contribution in [2.45, 2.75) is 19.8 Å². The van der Waals surface area contributed by atoms with Crippen LogP contribution in [0.4, 0.5) is 5.82 Å². The fraction of sp³-hybridized carbons (Fsp3) is 0.333. The Bertz CT molecular complexity index is 585. The van der Waals surface area contributed by atoms with E-state index in [9.17, 15) is 0 Å². The largest absolute Gasteiger partial charge is 0.480 e. The third-order valence-electron chi connectivity index (χ3n) is 2.53. The van der Waals surface area contributed by atoms with Crippen LogP contribution in [0.25, 0.3) is 11.5 Å². The van der Waals surface area contributed by atoms with Crippen LogP contribution in [0.2, 0.25) is 0 Å². The summed E-state index contributed by atoms with van der Waals surface area (Å²) in [5.41, 5.74) is 7.29. The molecule has 7 heteroatoms. The Balaban J connectivity index is 2.49. The molecule has 0 unspecified atom stereocenters. The van der Waals surface area contributed by atoms with Gasteiger partial charge in [-0.1, -0.05) is 13.8 Å². The molecule has 0 atom stereocenters. The van der Waals surface area contributed by atoms with Crippen molar-refractivity contribution in [2.75, 3.05) is 12.8 Å². The number of halogens is 1. The molecule has 0 saturated carbocycles. The lowest BCUT2D eigenvalue weighted by Gasteiger charge is -2.11. The number of anilines is 1. The highest BCUT2D eigenvalue weighted by Gasteiger charge is 2.15. The number of ether oxygens (including phenoxy) is 1. The van der Waals surface area contributed by atoms with Crippen LogP contribution in [0.1, 0.15) is 25.5 Å². The molecule has 0 spiro atoms. The second-order valence-electron chi connectivity index (χ2n) is 4.25. The zero-order chi connectivity index (χ0) is 14.0. The third kappa shape index (κ3) is 2.81. The van der Waals surface area contributed by atoms with Gasteiger partial charge in [-0.05, 0) is 27.9 Å². The van der Waals surface area contributed by atoms with Gasteiger partial charge < -0.3 is 10.5 Å². The first-order valence-corrected chi connectivity index (χ1v) is 6.53. The molecule has 2 rings (SSSR count). The molecular weight excluding hydrogens is 310 g/mol. The monoisotopic (exact) mass is 323 g/mol. The van der Waals surface area contributed by atoms with E-state index in [1.54, 1.807) is 12.1 Å². The van der Waals surface area contributed by atoms with Gasteiger partial charge in [0.25, 0.3) is 0 Å². The predicted octanol–water partition coefficient (Wildman–Crippen LogP) is 2.41. The van der Waals surface area contributed by atoms with E-state index in [4.69, 9.17) is 10.5 Å². The first kappa shape index (κ1) is 13.7. The third-order valence-corrected chi connectivity index (χ3v) is 3.34. The molecule has 19 heavy (non-hydrogen) atoms. The summed E-state index contributed by atoms with van der Waals surface area (Å²) in [6.45, 7) is 4.08. The quantitative estimate of drug-likeness (QED) is 0.933. The molecule has 2 heterocycles. The first-order chi connectivity index (χ1) is 9.02. The molecule has 0 aliphatic carbocycles. The number of methoxy groups -OCH3 is 1. The summed E-state index contributed by atoms with van der Waals surface area (Å²) in [4.78, 5) is 8.70. The van der Waals surface area contributed by atoms with Crippen molar-refractivity contribution in [3.63, 3.8) is 0 Å². The van der Waals surface area contributed by atoms with Crippen LogP contribution in [0.15, 0.2) is 16.6 Å². The maximum absolute atomic E-state index is 5.88. The van der Waals surface area contributed by atoms with Crippen LogP contribution in [-0.4, -0.2) is 27.3 Å². The highest BCUT2D eigenvalue weighted by atomic mass is 79.9. The summed E-state index contributed by atoms with van der Waals surface area (Å²) in [5, 5.41) is 7.92. The Hall–Kier alpha value is -1.76. The molecule has 2 N–H and O–H groups in total. The standard InChI is InChI=1S/C12H14BrN5O/c1-6(2)10-9(13)11(14)16-12(15-10)7-4-5-8(19-3)18-17-7/h4-6H,1-3H3,(H2,14,15,16). The molecule has 0 aromatic carbocycles. The summed E-state index contributed by atoms with van der Waals surface area (Å²) in [5.74, 6) is 1.52. The number of nitrogens with zero attached hydrogens (tertiary/aromatic N) is 4. The number of rotatable bonds is 3. The van der Waals surface area contributed by atoms with E-state index >= 15 is 0 Å². The average molecular weight is 324 g/mol. The van der Waals surface area contributed by atoms with Gasteiger partial charge in [0.15, 0.2) is 5.82 Å². The summed E-state index contributed by atoms with van der Waals surface area (Å²) < 4.78 is 5.69. The molecule has 0 aliphatic heterocycles. The van der Waals surface area contributed by atoms with Crippen molar-refractivity contribution in [1.82, 2.24) is 20.2 Å². The van der Waals surface area contributed by atoms with Crippen LogP contribution in [0.5, 0.6) is 5.88 Å². The lowest BCUT2D eigenvalue weighted by Crippen LogP contribution is -2.05. The molecule has 0 bridgehead atoms. The molecule has 0 saturated heterocycles. The van der Waals surface area contributed by atoms with Crippen molar-refractivity contribution in [3.05, 3.63) is 22.3 Å². The smallest absolute Gasteiger partial charge is 0.233 e. The Morgan fingerprint density at radius 1 is 1.21 bits per heavy atom. The van der Waals surface area contributed by atoms with Crippen LogP contribution in [-0.2, 0) is 0 Å². The minimum Gasteiger partial charge on any atom is -0.480 e. The number of nitrogens with two attached hydrogens (primary N) is 1. The minimum atomic E-state index is 0.227. The SMILES string of the molecule is COc1ccc(-c2nc(N)c(Br)c(C(C)C)n2)nn1. The van der Waals surface area contributed by atoms with Crippen molar-refractivity contribution in [1.29, 1.82) is 0 Å². The van der Waals surface area contributed by atoms with E-state index in [-0.39, 0.29) is 5.92 Å². The second kappa shape index (κ2) is 5.48. The molecule has 0 radical (unpaired) electrons. The van der Waals surface area contributed by atoms with Crippen LogP contribution in [0, 0.1) is 0 Å². The van der Waals surface area contributed by atoms with Gasteiger partial charge in [-0.3, -0.25) is 0 Å². The summed E-state index contributed by atoms with van der Waals surface area (Å²) >= 11 is 3.40. The normalized spacial score (nSPS) is 10.8. The van der Waals surface area contributed by atoms with E-state index in [2.05, 4.69) is 36.1 Å². The van der Waals surface area contributed by atoms with Gasteiger partial charge in [-0.25, -0.2) is 9.97 Å². The molecule has 0 amide bonds. The Kier molecular flexibility index (Phi) is 3.94. The van der Waals surface area contributed by atoms with Gasteiger partial charge in [0, 0.05) is 6.07 Å². The van der Waals surface area contributed by atoms with Gasteiger partial charge in [0.1, 0.15) is 11.5 Å². The lowest BCUT2D eigenvalue weighted by molar-refractivity contribution is 0.392. The molecule has 100 valence electrons. The molecule has 0 fully saturated rings. The zero-order valence-corrected chi connectivity index (χ0v) is 12.5. The van der Waals surface area contributed by atoms with Crippen molar-refractivity contribution in [2.24, 2.45) is 0 Å². The minimum absolute atomic E-state index is 0.227. The molecular formula is C12H14BrN5O. The number of nitrogen functional groups attached to an aromatic ring is 1. The predicted molar refractivity (Wildman–Crippen MR) is 75.8 cm³/mol. The van der Waals surface area contributed by atoms with E-state index < -0.39 is 0 Å². The summed E-state index contributed by atoms with van der Waals surface area (Å²) in [6.07, 6.45) is 0. The van der Waals surface area contributed by atoms with Gasteiger partial charge >= 0.3 is 0 Å². The lowest BCUT2D eigenvalue weighted by atomic mass is 10.1. The van der Waals surface area contributed by atoms with Crippen molar-refractivity contribution >= 4 is 21.7 Å². The fourth-order valence-electron chi connectivity index (χ4n) is 1.53. The van der Waals surface area contributed by atoms with Crippen LogP contribution in [0.3, 0.4) is 0 Å². The molecule has 0 aliphatic rings. The zero-order valence-electron chi connectivity index (χ0n) is 10.9. The Morgan fingerprint density at radius 2 is 1.95 bits per heavy atom. The number of aromatic nitrogens is 4. The van der Waals surface area contributed by atoms with E-state index in [1.165, 1.54) is 7.11 Å². The highest BCUT2D eigenvalue weighted by molar-refractivity contribution is 9.10. The first-order valence-electron chi connectivity index (χ1n) is 5.74. The fourth-order valence-corrected chi connectivity index (χ4v) is 2.16. The van der Waals surface area contributed by atoms with Crippen LogP contribution >= 0.6 is 15.9 Å². The van der Waals surface area contributed by atoms with Crippen LogP contribution < -0.4 is 10.5 Å². The van der Waals surface area contributed by atoms with E-state index in [0.29, 0.717) is 23.2 Å². The van der Waals surface area contributed by atoms with Gasteiger partial charge in [0.2, 0.25) is 5.88 Å². The van der Waals surface area contributed by atoms with Gasteiger partial charge in [-0.15, -0.1) is 10.2 Å². The maximum Gasteiger partial charge on any atom is 0.233 e. The summed E-state index contributed by atoms with van der Waals surface area (Å²) in [6, 6.07) is 3.46. The topological polar surface area (TPSA) is 86.8 Å². The number of hydrogen-bond acceptors (Lipinski definition) is 6. The van der Waals surface area contributed by atoms with E-state index in [1.807, 2.05) is 13.8 Å². The molecule has 2 aromatic heterocycles. The maximum atomic E-state index is 5.88. The Labute approximate surface area is 119 Å². The van der Waals surface area contributed by atoms with Gasteiger partial charge in [0.05, 0.1) is 17.3 Å². The number of hydrogen-bond donors (Lipinski definition) is 1.